The van der Waals surface area contributed by atoms with Gasteiger partial charge in [0.1, 0.15) is 5.02 Å². The van der Waals surface area contributed by atoms with Gasteiger partial charge in [0.05, 0.1) is 6.33 Å². The fourth-order valence-electron chi connectivity index (χ4n) is 1.17. The monoisotopic (exact) mass is 250 g/mol. The van der Waals surface area contributed by atoms with E-state index in [2.05, 4.69) is 4.98 Å². The average molecular weight is 251 g/mol. The Morgan fingerprint density at radius 1 is 1.33 bits per heavy atom. The summed E-state index contributed by atoms with van der Waals surface area (Å²) >= 11 is 11.2. The van der Waals surface area contributed by atoms with Gasteiger partial charge in [-0.1, -0.05) is 23.2 Å². The van der Waals surface area contributed by atoms with E-state index in [-0.39, 0.29) is 22.3 Å². The largest absolute Gasteiger partial charge is 0.396 e. The molecule has 1 N–H and O–H groups in total. The maximum Gasteiger partial charge on any atom is 0.273 e. The van der Waals surface area contributed by atoms with Crippen LogP contribution in [0.15, 0.2) is 11.1 Å². The Hall–Kier alpha value is -0.580. The molecular weight excluding hydrogens is 239 g/mol. The van der Waals surface area contributed by atoms with Crippen molar-refractivity contribution in [1.29, 1.82) is 0 Å². The summed E-state index contributed by atoms with van der Waals surface area (Å²) in [6.45, 7) is 0.719. The molecule has 4 nitrogen and oxygen atoms in total. The van der Waals surface area contributed by atoms with E-state index < -0.39 is 0 Å². The predicted octanol–water partition coefficient (Wildman–Crippen LogP) is 1.71. The molecule has 1 aromatic heterocycles. The number of unbranched alkanes of at least 4 members (excludes halogenated alkanes) is 2. The lowest BCUT2D eigenvalue weighted by molar-refractivity contribution is 0.281. The van der Waals surface area contributed by atoms with Crippen LogP contribution in [-0.4, -0.2) is 21.3 Å². The number of hydrogen-bond acceptors (Lipinski definition) is 3. The van der Waals surface area contributed by atoms with Gasteiger partial charge in [0.2, 0.25) is 0 Å². The topological polar surface area (TPSA) is 55.1 Å². The van der Waals surface area contributed by atoms with Gasteiger partial charge in [0, 0.05) is 13.2 Å². The van der Waals surface area contributed by atoms with Crippen LogP contribution in [0.1, 0.15) is 19.3 Å². The Morgan fingerprint density at radius 2 is 2.07 bits per heavy atom. The summed E-state index contributed by atoms with van der Waals surface area (Å²) in [6.07, 6.45) is 3.79. The van der Waals surface area contributed by atoms with Crippen molar-refractivity contribution in [3.05, 3.63) is 26.9 Å². The number of hydrogen-bond donors (Lipinski definition) is 1. The van der Waals surface area contributed by atoms with Gasteiger partial charge in [0.25, 0.3) is 5.56 Å². The molecule has 1 aromatic rings. The summed E-state index contributed by atoms with van der Waals surface area (Å²) in [5, 5.41) is 8.57. The first kappa shape index (κ1) is 12.5. The second-order valence-corrected chi connectivity index (χ2v) is 3.87. The van der Waals surface area contributed by atoms with Gasteiger partial charge < -0.3 is 5.11 Å². The molecule has 0 atom stereocenters. The maximum absolute atomic E-state index is 11.5. The zero-order valence-electron chi connectivity index (χ0n) is 8.12. The Labute approximate surface area is 97.5 Å². The average Bonchev–Trinajstić information content (AvgIpc) is 2.24. The van der Waals surface area contributed by atoms with Crippen LogP contribution in [0, 0.1) is 0 Å². The highest BCUT2D eigenvalue weighted by Gasteiger charge is 2.06. The summed E-state index contributed by atoms with van der Waals surface area (Å²) in [7, 11) is 0. The third-order valence-corrected chi connectivity index (χ3v) is 2.72. The molecule has 1 heterocycles. The first-order valence-corrected chi connectivity index (χ1v) is 5.43. The molecule has 0 fully saturated rings. The molecule has 0 aromatic carbocycles. The molecular formula is C9H12Cl2N2O2. The SMILES string of the molecule is O=c1c(Cl)c(Cl)ncn1CCCCCO. The summed E-state index contributed by atoms with van der Waals surface area (Å²) in [6, 6.07) is 0. The fraction of sp³-hybridized carbons (Fsp3) is 0.556. The smallest absolute Gasteiger partial charge is 0.273 e. The third kappa shape index (κ3) is 3.48. The van der Waals surface area contributed by atoms with E-state index in [1.165, 1.54) is 10.9 Å². The van der Waals surface area contributed by atoms with Crippen molar-refractivity contribution in [2.75, 3.05) is 6.61 Å². The second-order valence-electron chi connectivity index (χ2n) is 3.13. The molecule has 0 aliphatic carbocycles. The highest BCUT2D eigenvalue weighted by Crippen LogP contribution is 2.12. The van der Waals surface area contributed by atoms with Crippen LogP contribution in [0.25, 0.3) is 0 Å². The summed E-state index contributed by atoms with van der Waals surface area (Å²) < 4.78 is 1.42. The quantitative estimate of drug-likeness (QED) is 0.640. The maximum atomic E-state index is 11.5. The molecule has 0 radical (unpaired) electrons. The molecule has 0 aliphatic heterocycles. The molecule has 15 heavy (non-hydrogen) atoms. The molecule has 84 valence electrons. The van der Waals surface area contributed by atoms with E-state index in [4.69, 9.17) is 28.3 Å². The zero-order valence-corrected chi connectivity index (χ0v) is 9.63. The molecule has 0 aliphatic rings. The van der Waals surface area contributed by atoms with Gasteiger partial charge >= 0.3 is 0 Å². The number of aliphatic hydroxyl groups excluding tert-OH is 1. The van der Waals surface area contributed by atoms with Crippen molar-refractivity contribution < 1.29 is 5.11 Å². The van der Waals surface area contributed by atoms with Gasteiger partial charge in [-0.25, -0.2) is 4.98 Å². The van der Waals surface area contributed by atoms with Crippen molar-refractivity contribution in [1.82, 2.24) is 9.55 Å². The second kappa shape index (κ2) is 6.10. The van der Waals surface area contributed by atoms with Crippen LogP contribution < -0.4 is 5.56 Å². The van der Waals surface area contributed by atoms with Crippen LogP contribution in [0.5, 0.6) is 0 Å². The Morgan fingerprint density at radius 3 is 2.73 bits per heavy atom. The van der Waals surface area contributed by atoms with Crippen LogP contribution in [0.3, 0.4) is 0 Å². The zero-order chi connectivity index (χ0) is 11.3. The van der Waals surface area contributed by atoms with E-state index >= 15 is 0 Å². The third-order valence-electron chi connectivity index (χ3n) is 2.00. The van der Waals surface area contributed by atoms with E-state index in [0.717, 1.165) is 19.3 Å². The molecule has 0 saturated carbocycles. The van der Waals surface area contributed by atoms with Gasteiger partial charge in [0.15, 0.2) is 5.15 Å². The molecule has 0 spiro atoms. The number of halogens is 2. The summed E-state index contributed by atoms with van der Waals surface area (Å²) in [4.78, 5) is 15.3. The van der Waals surface area contributed by atoms with Crippen molar-refractivity contribution >= 4 is 23.2 Å². The van der Waals surface area contributed by atoms with Crippen LogP contribution >= 0.6 is 23.2 Å². The lowest BCUT2D eigenvalue weighted by Crippen LogP contribution is -2.21. The van der Waals surface area contributed by atoms with Crippen molar-refractivity contribution in [2.24, 2.45) is 0 Å². The van der Waals surface area contributed by atoms with E-state index in [0.29, 0.717) is 6.54 Å². The van der Waals surface area contributed by atoms with E-state index in [9.17, 15) is 4.79 Å². The number of aryl methyl sites for hydroxylation is 1. The van der Waals surface area contributed by atoms with Gasteiger partial charge in [-0.15, -0.1) is 0 Å². The number of nitrogens with zero attached hydrogens (tertiary/aromatic N) is 2. The number of rotatable bonds is 5. The highest BCUT2D eigenvalue weighted by atomic mass is 35.5. The minimum atomic E-state index is -0.319. The Bertz CT molecular complexity index is 379. The van der Waals surface area contributed by atoms with Crippen molar-refractivity contribution in [3.8, 4) is 0 Å². The lowest BCUT2D eigenvalue weighted by Gasteiger charge is -2.05. The molecule has 0 amide bonds. The first-order chi connectivity index (χ1) is 7.16. The highest BCUT2D eigenvalue weighted by molar-refractivity contribution is 6.40. The van der Waals surface area contributed by atoms with Crippen LogP contribution in [0.4, 0.5) is 0 Å². The van der Waals surface area contributed by atoms with E-state index in [1.54, 1.807) is 0 Å². The minimum absolute atomic E-state index is 0.0354. The lowest BCUT2D eigenvalue weighted by atomic mass is 10.2. The normalized spacial score (nSPS) is 10.6. The van der Waals surface area contributed by atoms with Gasteiger partial charge in [-0.05, 0) is 19.3 Å². The molecule has 0 unspecified atom stereocenters. The molecule has 6 heteroatoms. The Kier molecular flexibility index (Phi) is 5.08. The van der Waals surface area contributed by atoms with Gasteiger partial charge in [-0.3, -0.25) is 9.36 Å². The predicted molar refractivity (Wildman–Crippen MR) is 59.5 cm³/mol. The van der Waals surface area contributed by atoms with Crippen molar-refractivity contribution in [2.45, 2.75) is 25.8 Å². The number of aliphatic hydroxyl groups is 1. The number of aromatic nitrogens is 2. The summed E-state index contributed by atoms with van der Waals surface area (Å²) in [5.74, 6) is 0. The molecule has 1 rings (SSSR count). The fourth-order valence-corrected chi connectivity index (χ4v) is 1.46. The van der Waals surface area contributed by atoms with Gasteiger partial charge in [-0.2, -0.15) is 0 Å². The van der Waals surface area contributed by atoms with Crippen LogP contribution in [0.2, 0.25) is 10.2 Å². The molecule has 0 saturated heterocycles. The minimum Gasteiger partial charge on any atom is -0.396 e. The standard InChI is InChI=1S/C9H12Cl2N2O2/c10-7-8(11)12-6-13(9(7)15)4-2-1-3-5-14/h6,14H,1-5H2. The molecule has 0 bridgehead atoms. The first-order valence-electron chi connectivity index (χ1n) is 4.68. The summed E-state index contributed by atoms with van der Waals surface area (Å²) in [5.41, 5.74) is -0.319. The van der Waals surface area contributed by atoms with Crippen LogP contribution in [-0.2, 0) is 6.54 Å². The van der Waals surface area contributed by atoms with Crippen molar-refractivity contribution in [3.63, 3.8) is 0 Å². The Balaban J connectivity index is 2.63. The van der Waals surface area contributed by atoms with E-state index in [1.807, 2.05) is 0 Å².